The van der Waals surface area contributed by atoms with E-state index in [9.17, 15) is 0 Å². The van der Waals surface area contributed by atoms with Gasteiger partial charge < -0.3 is 10.2 Å². The summed E-state index contributed by atoms with van der Waals surface area (Å²) in [4.78, 5) is 4.43. The molecule has 0 aliphatic rings. The van der Waals surface area contributed by atoms with Crippen molar-refractivity contribution in [2.75, 3.05) is 5.73 Å². The average molecular weight is 274 g/mol. The summed E-state index contributed by atoms with van der Waals surface area (Å²) in [5.74, 6) is 1.37. The monoisotopic (exact) mass is 274 g/mol. The number of nitrogens with two attached hydrogens (primary N) is 1. The zero-order chi connectivity index (χ0) is 13.4. The smallest absolute Gasteiger partial charge is 0.205 e. The first kappa shape index (κ1) is 12.1. The number of aromatic nitrogens is 3. The molecule has 0 saturated heterocycles. The molecule has 2 aromatic heterocycles. The predicted octanol–water partition coefficient (Wildman–Crippen LogP) is 2.74. The van der Waals surface area contributed by atoms with E-state index in [1.807, 2.05) is 42.9 Å². The second-order valence-corrected chi connectivity index (χ2v) is 5.37. The van der Waals surface area contributed by atoms with Crippen LogP contribution >= 0.6 is 11.8 Å². The van der Waals surface area contributed by atoms with Crippen LogP contribution in [0.5, 0.6) is 0 Å². The lowest BCUT2D eigenvalue weighted by Gasteiger charge is -1.97. The van der Waals surface area contributed by atoms with Crippen LogP contribution in [0.15, 0.2) is 33.7 Å². The first-order valence-corrected chi connectivity index (χ1v) is 6.89. The molecular weight excluding hydrogens is 260 g/mol. The number of hydrogen-bond donors (Lipinski definition) is 1. The van der Waals surface area contributed by atoms with Crippen molar-refractivity contribution in [3.63, 3.8) is 0 Å². The summed E-state index contributed by atoms with van der Waals surface area (Å²) in [5.41, 5.74) is 9.00. The molecule has 0 fully saturated rings. The molecule has 0 bridgehead atoms. The average Bonchev–Trinajstić information content (AvgIpc) is 2.89. The normalized spacial score (nSPS) is 11.3. The highest BCUT2D eigenvalue weighted by Gasteiger charge is 2.08. The summed E-state index contributed by atoms with van der Waals surface area (Å²) in [5, 5.41) is 5.40. The molecule has 2 N–H and O–H groups in total. The Morgan fingerprint density at radius 1 is 1.37 bits per heavy atom. The van der Waals surface area contributed by atoms with Crippen molar-refractivity contribution in [3.05, 3.63) is 35.9 Å². The van der Waals surface area contributed by atoms with Crippen LogP contribution in [-0.2, 0) is 12.8 Å². The molecule has 1 aromatic carbocycles. The van der Waals surface area contributed by atoms with E-state index in [1.54, 1.807) is 11.8 Å². The van der Waals surface area contributed by atoms with Gasteiger partial charge in [0.15, 0.2) is 5.58 Å². The summed E-state index contributed by atoms with van der Waals surface area (Å²) in [7, 11) is 1.93. The van der Waals surface area contributed by atoms with Crippen LogP contribution < -0.4 is 5.73 Å². The second kappa shape index (κ2) is 4.62. The van der Waals surface area contributed by atoms with E-state index >= 15 is 0 Å². The summed E-state index contributed by atoms with van der Waals surface area (Å²) in [6.07, 6.45) is 0. The Hall–Kier alpha value is -1.95. The van der Waals surface area contributed by atoms with Gasteiger partial charge in [-0.15, -0.1) is 0 Å². The van der Waals surface area contributed by atoms with Crippen LogP contribution in [0.25, 0.3) is 11.1 Å². The summed E-state index contributed by atoms with van der Waals surface area (Å²) < 4.78 is 7.54. The molecule has 19 heavy (non-hydrogen) atoms. The minimum atomic E-state index is 0.674. The van der Waals surface area contributed by atoms with Crippen molar-refractivity contribution in [1.82, 2.24) is 14.8 Å². The molecule has 0 unspecified atom stereocenters. The number of anilines is 1. The summed E-state index contributed by atoms with van der Waals surface area (Å²) >= 11 is 1.65. The van der Waals surface area contributed by atoms with Crippen LogP contribution in [0.2, 0.25) is 0 Å². The van der Waals surface area contributed by atoms with Crippen molar-refractivity contribution in [1.29, 1.82) is 0 Å². The molecule has 3 rings (SSSR count). The SMILES string of the molecule is Cc1cc(SCc2nc3cc(N)ccc3o2)n(C)n1. The van der Waals surface area contributed by atoms with Gasteiger partial charge in [-0.25, -0.2) is 4.98 Å². The first-order valence-electron chi connectivity index (χ1n) is 5.90. The largest absolute Gasteiger partial charge is 0.440 e. The molecule has 0 amide bonds. The van der Waals surface area contributed by atoms with Gasteiger partial charge in [0, 0.05) is 12.7 Å². The molecule has 6 heteroatoms. The Kier molecular flexibility index (Phi) is 2.94. The van der Waals surface area contributed by atoms with Gasteiger partial charge in [-0.1, -0.05) is 11.8 Å². The van der Waals surface area contributed by atoms with Gasteiger partial charge in [-0.2, -0.15) is 5.10 Å². The topological polar surface area (TPSA) is 69.9 Å². The lowest BCUT2D eigenvalue weighted by atomic mass is 10.3. The van der Waals surface area contributed by atoms with Gasteiger partial charge in [-0.05, 0) is 31.2 Å². The van der Waals surface area contributed by atoms with Gasteiger partial charge in [0.25, 0.3) is 0 Å². The molecule has 3 aromatic rings. The van der Waals surface area contributed by atoms with Crippen LogP contribution in [0.3, 0.4) is 0 Å². The number of hydrogen-bond acceptors (Lipinski definition) is 5. The zero-order valence-electron chi connectivity index (χ0n) is 10.8. The first-order chi connectivity index (χ1) is 9.11. The number of fused-ring (bicyclic) bond motifs is 1. The Morgan fingerprint density at radius 2 is 2.21 bits per heavy atom. The fourth-order valence-electron chi connectivity index (χ4n) is 1.91. The maximum absolute atomic E-state index is 5.72. The molecule has 5 nitrogen and oxygen atoms in total. The number of nitrogens with zero attached hydrogens (tertiary/aromatic N) is 3. The van der Waals surface area contributed by atoms with E-state index in [4.69, 9.17) is 10.2 Å². The molecule has 0 aliphatic carbocycles. The number of thioether (sulfide) groups is 1. The van der Waals surface area contributed by atoms with Crippen molar-refractivity contribution in [3.8, 4) is 0 Å². The van der Waals surface area contributed by atoms with E-state index in [1.165, 1.54) is 0 Å². The van der Waals surface area contributed by atoms with E-state index in [2.05, 4.69) is 10.1 Å². The second-order valence-electron chi connectivity index (χ2n) is 4.37. The third-order valence-electron chi connectivity index (χ3n) is 2.76. The Bertz CT molecular complexity index is 731. The molecule has 0 radical (unpaired) electrons. The number of rotatable bonds is 3. The molecule has 0 atom stereocenters. The Morgan fingerprint density at radius 3 is 2.95 bits per heavy atom. The van der Waals surface area contributed by atoms with Crippen molar-refractivity contribution in [2.45, 2.75) is 17.7 Å². The molecule has 0 spiro atoms. The van der Waals surface area contributed by atoms with Gasteiger partial charge in [0.2, 0.25) is 5.89 Å². The minimum absolute atomic E-state index is 0.674. The number of oxazole rings is 1. The van der Waals surface area contributed by atoms with E-state index in [0.717, 1.165) is 21.8 Å². The summed E-state index contributed by atoms with van der Waals surface area (Å²) in [6.45, 7) is 1.98. The Labute approximate surface area is 114 Å². The molecule has 98 valence electrons. The third kappa shape index (κ3) is 2.44. The van der Waals surface area contributed by atoms with Crippen LogP contribution in [-0.4, -0.2) is 14.8 Å². The molecule has 0 aliphatic heterocycles. The maximum Gasteiger partial charge on any atom is 0.205 e. The number of benzene rings is 1. The van der Waals surface area contributed by atoms with Crippen LogP contribution in [0.4, 0.5) is 5.69 Å². The fourth-order valence-corrected chi connectivity index (χ4v) is 2.79. The lowest BCUT2D eigenvalue weighted by Crippen LogP contribution is -1.92. The van der Waals surface area contributed by atoms with E-state index in [-0.39, 0.29) is 0 Å². The van der Waals surface area contributed by atoms with Crippen molar-refractivity contribution in [2.24, 2.45) is 7.05 Å². The standard InChI is InChI=1S/C13H14N4OS/c1-8-5-13(17(2)16-8)19-7-12-15-10-6-9(14)3-4-11(10)18-12/h3-6H,7,14H2,1-2H3. The van der Waals surface area contributed by atoms with E-state index in [0.29, 0.717) is 17.3 Å². The van der Waals surface area contributed by atoms with Crippen LogP contribution in [0.1, 0.15) is 11.6 Å². The highest BCUT2D eigenvalue weighted by molar-refractivity contribution is 7.98. The quantitative estimate of drug-likeness (QED) is 0.587. The fraction of sp³-hybridized carbons (Fsp3) is 0.231. The number of nitrogen functional groups attached to an aromatic ring is 1. The zero-order valence-corrected chi connectivity index (χ0v) is 11.6. The van der Waals surface area contributed by atoms with Gasteiger partial charge in [0.1, 0.15) is 5.52 Å². The van der Waals surface area contributed by atoms with Gasteiger partial charge >= 0.3 is 0 Å². The maximum atomic E-state index is 5.72. The highest BCUT2D eigenvalue weighted by Crippen LogP contribution is 2.25. The molecule has 0 saturated carbocycles. The third-order valence-corrected chi connectivity index (χ3v) is 3.83. The van der Waals surface area contributed by atoms with E-state index < -0.39 is 0 Å². The Balaban J connectivity index is 1.80. The molecular formula is C13H14N4OS. The van der Waals surface area contributed by atoms with Gasteiger partial charge in [-0.3, -0.25) is 4.68 Å². The number of aryl methyl sites for hydroxylation is 2. The highest BCUT2D eigenvalue weighted by atomic mass is 32.2. The van der Waals surface area contributed by atoms with Gasteiger partial charge in [0.05, 0.1) is 16.5 Å². The summed E-state index contributed by atoms with van der Waals surface area (Å²) in [6, 6.07) is 7.53. The van der Waals surface area contributed by atoms with Crippen molar-refractivity contribution < 1.29 is 4.42 Å². The predicted molar refractivity (Wildman–Crippen MR) is 75.9 cm³/mol. The minimum Gasteiger partial charge on any atom is -0.440 e. The lowest BCUT2D eigenvalue weighted by molar-refractivity contribution is 0.555. The molecule has 2 heterocycles. The van der Waals surface area contributed by atoms with Crippen molar-refractivity contribution >= 4 is 28.5 Å². The van der Waals surface area contributed by atoms with Crippen LogP contribution in [0, 0.1) is 6.92 Å².